The maximum Gasteiger partial charge on any atom is 0.416 e. The smallest absolute Gasteiger partial charge is 0.356 e. The fourth-order valence-corrected chi connectivity index (χ4v) is 1.42. The number of benzene rings is 1. The van der Waals surface area contributed by atoms with Crippen LogP contribution < -0.4 is 16.6 Å². The van der Waals surface area contributed by atoms with Crippen molar-refractivity contribution in [1.29, 1.82) is 0 Å². The second-order valence-corrected chi connectivity index (χ2v) is 3.49. The van der Waals surface area contributed by atoms with Gasteiger partial charge >= 0.3 is 6.18 Å². The molecule has 0 bridgehead atoms. The molecule has 1 aromatic rings. The molecule has 0 aromatic heterocycles. The molecule has 4 N–H and O–H groups in total. The number of hydrogen-bond donors (Lipinski definition) is 3. The Kier molecular flexibility index (Phi) is 4.96. The van der Waals surface area contributed by atoms with E-state index in [0.29, 0.717) is 6.54 Å². The van der Waals surface area contributed by atoms with Crippen LogP contribution >= 0.6 is 0 Å². The van der Waals surface area contributed by atoms with E-state index in [1.807, 2.05) is 6.92 Å². The molecule has 7 heteroatoms. The first-order valence-corrected chi connectivity index (χ1v) is 5.39. The molecule has 0 aliphatic rings. The Morgan fingerprint density at radius 2 is 2.00 bits per heavy atom. The van der Waals surface area contributed by atoms with Gasteiger partial charge in [0.25, 0.3) is 0 Å². The van der Waals surface area contributed by atoms with E-state index in [2.05, 4.69) is 15.7 Å². The highest BCUT2D eigenvalue weighted by Gasteiger charge is 2.32. The van der Waals surface area contributed by atoms with E-state index in [0.717, 1.165) is 6.07 Å². The van der Waals surface area contributed by atoms with Crippen LogP contribution in [0.15, 0.2) is 29.3 Å². The molecule has 1 rings (SSSR count). The zero-order valence-electron chi connectivity index (χ0n) is 9.88. The highest BCUT2D eigenvalue weighted by molar-refractivity contribution is 5.79. The molecule has 0 aliphatic heterocycles. The van der Waals surface area contributed by atoms with Crippen LogP contribution in [-0.2, 0) is 12.7 Å². The van der Waals surface area contributed by atoms with Crippen molar-refractivity contribution in [2.75, 3.05) is 6.54 Å². The lowest BCUT2D eigenvalue weighted by molar-refractivity contribution is -0.138. The Hall–Kier alpha value is -1.76. The van der Waals surface area contributed by atoms with E-state index in [1.54, 1.807) is 6.07 Å². The maximum atomic E-state index is 12.7. The van der Waals surface area contributed by atoms with Crippen molar-refractivity contribution in [1.82, 2.24) is 10.7 Å². The van der Waals surface area contributed by atoms with E-state index in [4.69, 9.17) is 5.84 Å². The fraction of sp³-hybridized carbons (Fsp3) is 0.364. The minimum absolute atomic E-state index is 0.0950. The molecule has 0 heterocycles. The summed E-state index contributed by atoms with van der Waals surface area (Å²) in [7, 11) is 0. The molecule has 0 atom stereocenters. The predicted octanol–water partition coefficient (Wildman–Crippen LogP) is 1.63. The quantitative estimate of drug-likeness (QED) is 0.335. The van der Waals surface area contributed by atoms with Gasteiger partial charge in [0, 0.05) is 6.54 Å². The molecule has 0 aliphatic carbocycles. The van der Waals surface area contributed by atoms with Gasteiger partial charge in [0.15, 0.2) is 0 Å². The lowest BCUT2D eigenvalue weighted by Crippen LogP contribution is -2.41. The zero-order chi connectivity index (χ0) is 13.6. The van der Waals surface area contributed by atoms with Crippen LogP contribution in [0.25, 0.3) is 0 Å². The highest BCUT2D eigenvalue weighted by Crippen LogP contribution is 2.32. The topological polar surface area (TPSA) is 62.4 Å². The van der Waals surface area contributed by atoms with Gasteiger partial charge in [0.1, 0.15) is 0 Å². The third-order valence-electron chi connectivity index (χ3n) is 2.21. The first kappa shape index (κ1) is 14.3. The van der Waals surface area contributed by atoms with Crippen LogP contribution in [0.4, 0.5) is 13.2 Å². The summed E-state index contributed by atoms with van der Waals surface area (Å²) < 4.78 is 38.1. The van der Waals surface area contributed by atoms with Crippen LogP contribution in [0.2, 0.25) is 0 Å². The Balaban J connectivity index is 2.91. The van der Waals surface area contributed by atoms with E-state index in [1.165, 1.54) is 12.1 Å². The Bertz CT molecular complexity index is 415. The Labute approximate surface area is 103 Å². The number of halogens is 3. The Morgan fingerprint density at radius 1 is 1.33 bits per heavy atom. The third kappa shape index (κ3) is 3.92. The number of rotatable bonds is 3. The average Bonchev–Trinajstić information content (AvgIpc) is 2.33. The SMILES string of the molecule is CCNC(=NCc1ccccc1C(F)(F)F)NN. The van der Waals surface area contributed by atoms with Crippen molar-refractivity contribution in [2.45, 2.75) is 19.6 Å². The maximum absolute atomic E-state index is 12.7. The molecule has 100 valence electrons. The van der Waals surface area contributed by atoms with Crippen molar-refractivity contribution in [3.63, 3.8) is 0 Å². The van der Waals surface area contributed by atoms with Crippen LogP contribution in [0.1, 0.15) is 18.1 Å². The minimum Gasteiger partial charge on any atom is -0.356 e. The second kappa shape index (κ2) is 6.25. The number of nitrogens with zero attached hydrogens (tertiary/aromatic N) is 1. The van der Waals surface area contributed by atoms with E-state index >= 15 is 0 Å². The lowest BCUT2D eigenvalue weighted by atomic mass is 10.1. The molecular formula is C11H15F3N4. The second-order valence-electron chi connectivity index (χ2n) is 3.49. The summed E-state index contributed by atoms with van der Waals surface area (Å²) in [6.07, 6.45) is -4.37. The summed E-state index contributed by atoms with van der Waals surface area (Å²) in [5.41, 5.74) is 1.72. The van der Waals surface area contributed by atoms with Gasteiger partial charge in [-0.1, -0.05) is 18.2 Å². The monoisotopic (exact) mass is 260 g/mol. The molecule has 1 aromatic carbocycles. The highest BCUT2D eigenvalue weighted by atomic mass is 19.4. The van der Waals surface area contributed by atoms with Gasteiger partial charge in [-0.3, -0.25) is 5.43 Å². The summed E-state index contributed by atoms with van der Waals surface area (Å²) >= 11 is 0. The fourth-order valence-electron chi connectivity index (χ4n) is 1.42. The van der Waals surface area contributed by atoms with Gasteiger partial charge < -0.3 is 5.32 Å². The first-order valence-electron chi connectivity index (χ1n) is 5.39. The van der Waals surface area contributed by atoms with Crippen LogP contribution in [0, 0.1) is 0 Å². The number of nitrogens with one attached hydrogen (secondary N) is 2. The van der Waals surface area contributed by atoms with Crippen molar-refractivity contribution >= 4 is 5.96 Å². The van der Waals surface area contributed by atoms with Crippen LogP contribution in [0.5, 0.6) is 0 Å². The molecule has 0 saturated carbocycles. The average molecular weight is 260 g/mol. The van der Waals surface area contributed by atoms with Crippen LogP contribution in [0.3, 0.4) is 0 Å². The van der Waals surface area contributed by atoms with Crippen molar-refractivity contribution in [3.05, 3.63) is 35.4 Å². The molecule has 18 heavy (non-hydrogen) atoms. The van der Waals surface area contributed by atoms with E-state index in [-0.39, 0.29) is 18.1 Å². The van der Waals surface area contributed by atoms with Gasteiger partial charge in [-0.15, -0.1) is 0 Å². The number of aliphatic imine (C=N–C) groups is 1. The zero-order valence-corrected chi connectivity index (χ0v) is 9.88. The molecule has 0 fully saturated rings. The van der Waals surface area contributed by atoms with Crippen molar-refractivity contribution in [3.8, 4) is 0 Å². The number of hydrazine groups is 1. The first-order chi connectivity index (χ1) is 8.49. The van der Waals surface area contributed by atoms with Gasteiger partial charge in [-0.05, 0) is 18.6 Å². The summed E-state index contributed by atoms with van der Waals surface area (Å²) in [4.78, 5) is 3.95. The van der Waals surface area contributed by atoms with Crippen molar-refractivity contribution < 1.29 is 13.2 Å². The van der Waals surface area contributed by atoms with Gasteiger partial charge in [-0.2, -0.15) is 13.2 Å². The van der Waals surface area contributed by atoms with Crippen molar-refractivity contribution in [2.24, 2.45) is 10.8 Å². The minimum atomic E-state index is -4.37. The van der Waals surface area contributed by atoms with Gasteiger partial charge in [0.05, 0.1) is 12.1 Å². The normalized spacial score (nSPS) is 12.4. The predicted molar refractivity (Wildman–Crippen MR) is 63.6 cm³/mol. The number of guanidine groups is 1. The summed E-state index contributed by atoms with van der Waals surface area (Å²) in [5, 5.41) is 2.79. The number of alkyl halides is 3. The Morgan fingerprint density at radius 3 is 2.56 bits per heavy atom. The molecule has 0 spiro atoms. The molecule has 4 nitrogen and oxygen atoms in total. The van der Waals surface area contributed by atoms with E-state index < -0.39 is 11.7 Å². The standard InChI is InChI=1S/C11H15F3N4/c1-2-16-10(18-15)17-7-8-5-3-4-6-9(8)11(12,13)14/h3-6H,2,7,15H2,1H3,(H2,16,17,18). The number of nitrogens with two attached hydrogens (primary N) is 1. The van der Waals surface area contributed by atoms with Gasteiger partial charge in [0.2, 0.25) is 5.96 Å². The van der Waals surface area contributed by atoms with Crippen LogP contribution in [-0.4, -0.2) is 12.5 Å². The van der Waals surface area contributed by atoms with Gasteiger partial charge in [-0.25, -0.2) is 10.8 Å². The number of hydrogen-bond acceptors (Lipinski definition) is 2. The molecule has 0 unspecified atom stereocenters. The lowest BCUT2D eigenvalue weighted by Gasteiger charge is -2.12. The van der Waals surface area contributed by atoms with E-state index in [9.17, 15) is 13.2 Å². The molecular weight excluding hydrogens is 245 g/mol. The molecule has 0 amide bonds. The summed E-state index contributed by atoms with van der Waals surface area (Å²) in [6.45, 7) is 2.31. The summed E-state index contributed by atoms with van der Waals surface area (Å²) in [6, 6.07) is 5.32. The molecule has 0 radical (unpaired) electrons. The largest absolute Gasteiger partial charge is 0.416 e. The third-order valence-corrected chi connectivity index (χ3v) is 2.21. The summed E-state index contributed by atoms with van der Waals surface area (Å²) in [5.74, 6) is 5.44. The molecule has 0 saturated heterocycles.